The SMILES string of the molecule is CC(C)(C)[C@@H](N)C(=O)N1CC(n2cc(C(=O)O)nn2)C1. The van der Waals surface area contributed by atoms with E-state index in [9.17, 15) is 9.59 Å². The van der Waals surface area contributed by atoms with Gasteiger partial charge in [0.15, 0.2) is 5.69 Å². The highest BCUT2D eigenvalue weighted by Crippen LogP contribution is 2.25. The lowest BCUT2D eigenvalue weighted by Gasteiger charge is -2.42. The minimum atomic E-state index is -1.11. The van der Waals surface area contributed by atoms with Crippen LogP contribution in [0.15, 0.2) is 6.20 Å². The number of hydrogen-bond acceptors (Lipinski definition) is 5. The van der Waals surface area contributed by atoms with Crippen LogP contribution in [-0.4, -0.2) is 56.0 Å². The zero-order valence-corrected chi connectivity index (χ0v) is 11.8. The summed E-state index contributed by atoms with van der Waals surface area (Å²) >= 11 is 0. The van der Waals surface area contributed by atoms with E-state index in [1.54, 1.807) is 4.90 Å². The Hall–Kier alpha value is -1.96. The first kappa shape index (κ1) is 14.4. The third-order valence-electron chi connectivity index (χ3n) is 3.48. The van der Waals surface area contributed by atoms with Crippen LogP contribution in [0, 0.1) is 5.41 Å². The number of carboxylic acids is 1. The van der Waals surface area contributed by atoms with Crippen LogP contribution in [-0.2, 0) is 4.79 Å². The normalized spacial score (nSPS) is 17.7. The molecule has 8 nitrogen and oxygen atoms in total. The molecule has 1 aliphatic rings. The zero-order chi connectivity index (χ0) is 15.1. The molecule has 1 saturated heterocycles. The minimum Gasteiger partial charge on any atom is -0.476 e. The maximum absolute atomic E-state index is 12.1. The Labute approximate surface area is 116 Å². The lowest BCUT2D eigenvalue weighted by Crippen LogP contribution is -2.58. The van der Waals surface area contributed by atoms with Crippen molar-refractivity contribution < 1.29 is 14.7 Å². The third kappa shape index (κ3) is 2.64. The van der Waals surface area contributed by atoms with Gasteiger partial charge in [0.2, 0.25) is 5.91 Å². The predicted molar refractivity (Wildman–Crippen MR) is 70.0 cm³/mol. The van der Waals surface area contributed by atoms with Crippen LogP contribution in [0.2, 0.25) is 0 Å². The summed E-state index contributed by atoms with van der Waals surface area (Å²) in [4.78, 5) is 24.5. The van der Waals surface area contributed by atoms with Crippen molar-refractivity contribution in [2.24, 2.45) is 11.1 Å². The number of carbonyl (C=O) groups is 2. The first-order chi connectivity index (χ1) is 9.20. The summed E-state index contributed by atoms with van der Waals surface area (Å²) in [5.41, 5.74) is 5.55. The molecule has 1 fully saturated rings. The van der Waals surface area contributed by atoms with Gasteiger partial charge in [-0.3, -0.25) is 4.79 Å². The summed E-state index contributed by atoms with van der Waals surface area (Å²) < 4.78 is 1.48. The van der Waals surface area contributed by atoms with Gasteiger partial charge in [0, 0.05) is 13.1 Å². The second-order valence-corrected chi connectivity index (χ2v) is 6.13. The number of hydrogen-bond donors (Lipinski definition) is 2. The maximum atomic E-state index is 12.1. The molecule has 0 unspecified atom stereocenters. The number of aromatic carboxylic acids is 1. The van der Waals surface area contributed by atoms with Crippen molar-refractivity contribution in [3.8, 4) is 0 Å². The minimum absolute atomic E-state index is 0.0354. The maximum Gasteiger partial charge on any atom is 0.358 e. The molecule has 1 aromatic rings. The highest BCUT2D eigenvalue weighted by atomic mass is 16.4. The number of nitrogens with zero attached hydrogens (tertiary/aromatic N) is 4. The Morgan fingerprint density at radius 3 is 2.50 bits per heavy atom. The zero-order valence-electron chi connectivity index (χ0n) is 11.8. The average molecular weight is 281 g/mol. The number of rotatable bonds is 3. The fourth-order valence-corrected chi connectivity index (χ4v) is 1.92. The molecule has 8 heteroatoms. The first-order valence-corrected chi connectivity index (χ1v) is 6.39. The molecule has 1 aromatic heterocycles. The van der Waals surface area contributed by atoms with Gasteiger partial charge in [0.1, 0.15) is 0 Å². The van der Waals surface area contributed by atoms with Crippen LogP contribution in [0.3, 0.4) is 0 Å². The van der Waals surface area contributed by atoms with Crippen molar-refractivity contribution in [2.75, 3.05) is 13.1 Å². The molecule has 20 heavy (non-hydrogen) atoms. The lowest BCUT2D eigenvalue weighted by atomic mass is 9.86. The van der Waals surface area contributed by atoms with E-state index in [4.69, 9.17) is 10.8 Å². The van der Waals surface area contributed by atoms with Gasteiger partial charge in [-0.2, -0.15) is 0 Å². The number of likely N-dealkylation sites (tertiary alicyclic amines) is 1. The third-order valence-corrected chi connectivity index (χ3v) is 3.48. The highest BCUT2D eigenvalue weighted by Gasteiger charge is 2.38. The Kier molecular flexibility index (Phi) is 3.51. The van der Waals surface area contributed by atoms with Crippen LogP contribution in [0.25, 0.3) is 0 Å². The van der Waals surface area contributed by atoms with Crippen molar-refractivity contribution >= 4 is 11.9 Å². The van der Waals surface area contributed by atoms with Crippen molar-refractivity contribution in [2.45, 2.75) is 32.9 Å². The molecule has 0 spiro atoms. The van der Waals surface area contributed by atoms with E-state index in [2.05, 4.69) is 10.3 Å². The van der Waals surface area contributed by atoms with E-state index in [0.717, 1.165) is 0 Å². The molecule has 3 N–H and O–H groups in total. The second kappa shape index (κ2) is 4.86. The van der Waals surface area contributed by atoms with Gasteiger partial charge in [-0.05, 0) is 5.41 Å². The van der Waals surface area contributed by atoms with E-state index in [-0.39, 0.29) is 23.1 Å². The Morgan fingerprint density at radius 2 is 2.05 bits per heavy atom. The smallest absolute Gasteiger partial charge is 0.358 e. The van der Waals surface area contributed by atoms with Crippen molar-refractivity contribution in [3.63, 3.8) is 0 Å². The molecule has 1 amide bonds. The highest BCUT2D eigenvalue weighted by molar-refractivity contribution is 5.85. The van der Waals surface area contributed by atoms with Crippen LogP contribution < -0.4 is 5.73 Å². The van der Waals surface area contributed by atoms with E-state index >= 15 is 0 Å². The van der Waals surface area contributed by atoms with Gasteiger partial charge in [-0.15, -0.1) is 5.10 Å². The van der Waals surface area contributed by atoms with Crippen molar-refractivity contribution in [1.82, 2.24) is 19.9 Å². The number of amides is 1. The molecule has 0 aromatic carbocycles. The first-order valence-electron chi connectivity index (χ1n) is 6.39. The molecule has 0 aliphatic carbocycles. The van der Waals surface area contributed by atoms with Gasteiger partial charge < -0.3 is 15.7 Å². The van der Waals surface area contributed by atoms with Crippen LogP contribution >= 0.6 is 0 Å². The average Bonchev–Trinajstić information content (AvgIpc) is 2.73. The van der Waals surface area contributed by atoms with Gasteiger partial charge in [-0.25, -0.2) is 9.48 Å². The molecular weight excluding hydrogens is 262 g/mol. The molecule has 0 radical (unpaired) electrons. The molecule has 2 heterocycles. The van der Waals surface area contributed by atoms with Gasteiger partial charge in [0.05, 0.1) is 18.3 Å². The summed E-state index contributed by atoms with van der Waals surface area (Å²) in [6.45, 7) is 6.71. The second-order valence-electron chi connectivity index (χ2n) is 6.13. The topological polar surface area (TPSA) is 114 Å². The number of nitrogens with two attached hydrogens (primary N) is 1. The molecule has 0 saturated carbocycles. The Morgan fingerprint density at radius 1 is 1.45 bits per heavy atom. The molecule has 0 bridgehead atoms. The molecule has 1 atom stereocenters. The van der Waals surface area contributed by atoms with Crippen LogP contribution in [0.1, 0.15) is 37.3 Å². The molecule has 110 valence electrons. The number of aromatic nitrogens is 3. The van der Waals surface area contributed by atoms with Gasteiger partial charge >= 0.3 is 5.97 Å². The summed E-state index contributed by atoms with van der Waals surface area (Å²) in [5, 5.41) is 16.1. The van der Waals surface area contributed by atoms with Gasteiger partial charge in [0.25, 0.3) is 0 Å². The largest absolute Gasteiger partial charge is 0.476 e. The Bertz CT molecular complexity index is 527. The van der Waals surface area contributed by atoms with Crippen molar-refractivity contribution in [3.05, 3.63) is 11.9 Å². The summed E-state index contributed by atoms with van der Waals surface area (Å²) in [7, 11) is 0. The van der Waals surface area contributed by atoms with E-state index in [1.165, 1.54) is 10.9 Å². The summed E-state index contributed by atoms with van der Waals surface area (Å²) in [5.74, 6) is -1.20. The molecule has 1 aliphatic heterocycles. The summed E-state index contributed by atoms with van der Waals surface area (Å²) in [6.07, 6.45) is 1.37. The molecular formula is C12H19N5O3. The fourth-order valence-electron chi connectivity index (χ4n) is 1.92. The quantitative estimate of drug-likeness (QED) is 0.788. The molecule has 2 rings (SSSR count). The standard InChI is InChI=1S/C12H19N5O3/c1-12(2,3)9(13)10(18)16-4-7(5-16)17-6-8(11(19)20)14-15-17/h6-7,9H,4-5,13H2,1-3H3,(H,19,20)/t9-/m0/s1. The van der Waals surface area contributed by atoms with E-state index in [1.807, 2.05) is 20.8 Å². The lowest BCUT2D eigenvalue weighted by molar-refractivity contribution is -0.141. The predicted octanol–water partition coefficient (Wildman–Crippen LogP) is -0.267. The van der Waals surface area contributed by atoms with Gasteiger partial charge in [-0.1, -0.05) is 26.0 Å². The number of carboxylic acid groups (broad SMARTS) is 1. The van der Waals surface area contributed by atoms with Crippen LogP contribution in [0.4, 0.5) is 0 Å². The van der Waals surface area contributed by atoms with E-state index in [0.29, 0.717) is 13.1 Å². The number of carbonyl (C=O) groups excluding carboxylic acids is 1. The van der Waals surface area contributed by atoms with E-state index < -0.39 is 12.0 Å². The monoisotopic (exact) mass is 281 g/mol. The Balaban J connectivity index is 1.94. The van der Waals surface area contributed by atoms with Crippen LogP contribution in [0.5, 0.6) is 0 Å². The summed E-state index contributed by atoms with van der Waals surface area (Å²) in [6, 6.07) is -0.583. The van der Waals surface area contributed by atoms with Crippen molar-refractivity contribution in [1.29, 1.82) is 0 Å². The fraction of sp³-hybridized carbons (Fsp3) is 0.667.